The molecule has 26 heavy (non-hydrogen) atoms. The summed E-state index contributed by atoms with van der Waals surface area (Å²) in [6.45, 7) is 3.42. The molecule has 0 bridgehead atoms. The van der Waals surface area contributed by atoms with Gasteiger partial charge in [-0.1, -0.05) is 47.5 Å². The van der Waals surface area contributed by atoms with Crippen LogP contribution in [-0.4, -0.2) is 25.1 Å². The fourth-order valence-corrected chi connectivity index (χ4v) is 4.88. The van der Waals surface area contributed by atoms with Crippen molar-refractivity contribution < 1.29 is 13.2 Å². The molecule has 3 rings (SSSR count). The van der Waals surface area contributed by atoms with E-state index >= 15 is 0 Å². The van der Waals surface area contributed by atoms with E-state index in [1.165, 1.54) is 11.2 Å². The van der Waals surface area contributed by atoms with E-state index in [1.807, 2.05) is 19.1 Å². The highest BCUT2D eigenvalue weighted by atomic mass is 35.5. The van der Waals surface area contributed by atoms with Gasteiger partial charge < -0.3 is 0 Å². The highest BCUT2D eigenvalue weighted by Crippen LogP contribution is 2.35. The summed E-state index contributed by atoms with van der Waals surface area (Å²) in [7, 11) is -3.76. The third-order valence-corrected chi connectivity index (χ3v) is 6.68. The molecule has 0 N–H and O–H groups in total. The van der Waals surface area contributed by atoms with Gasteiger partial charge >= 0.3 is 0 Å². The van der Waals surface area contributed by atoms with Crippen LogP contribution in [0.25, 0.3) is 0 Å². The smallest absolute Gasteiger partial charge is 0.243 e. The van der Waals surface area contributed by atoms with Crippen LogP contribution in [-0.2, 0) is 14.8 Å². The molecule has 4 nitrogen and oxygen atoms in total. The van der Waals surface area contributed by atoms with Gasteiger partial charge in [0, 0.05) is 17.1 Å². The van der Waals surface area contributed by atoms with Gasteiger partial charge in [0.25, 0.3) is 0 Å². The van der Waals surface area contributed by atoms with Crippen LogP contribution in [0.5, 0.6) is 0 Å². The van der Waals surface area contributed by atoms with E-state index in [2.05, 4.69) is 0 Å². The highest BCUT2D eigenvalue weighted by Gasteiger charge is 2.35. The topological polar surface area (TPSA) is 54.5 Å². The van der Waals surface area contributed by atoms with Gasteiger partial charge in [0.1, 0.15) is 0 Å². The zero-order valence-corrected chi connectivity index (χ0v) is 16.2. The Hall–Kier alpha value is -1.95. The van der Waals surface area contributed by atoms with E-state index < -0.39 is 16.1 Å². The summed E-state index contributed by atoms with van der Waals surface area (Å²) >= 11 is 6.10. The van der Waals surface area contributed by atoms with Crippen LogP contribution in [0.15, 0.2) is 65.1 Å². The number of rotatable bonds is 4. The van der Waals surface area contributed by atoms with Gasteiger partial charge in [0.05, 0.1) is 10.9 Å². The van der Waals surface area contributed by atoms with E-state index in [0.29, 0.717) is 17.0 Å². The number of hydrogen-bond donors (Lipinski definition) is 0. The van der Waals surface area contributed by atoms with Crippen LogP contribution < -0.4 is 0 Å². The summed E-state index contributed by atoms with van der Waals surface area (Å²) < 4.78 is 28.0. The first-order chi connectivity index (χ1) is 12.3. The first-order valence-corrected chi connectivity index (χ1v) is 10.1. The van der Waals surface area contributed by atoms with E-state index in [0.717, 1.165) is 11.1 Å². The molecule has 0 radical (unpaired) electrons. The van der Waals surface area contributed by atoms with Crippen molar-refractivity contribution in [2.24, 2.45) is 0 Å². The third kappa shape index (κ3) is 3.75. The Balaban J connectivity index is 2.08. The van der Waals surface area contributed by atoms with Crippen LogP contribution in [0.1, 0.15) is 30.5 Å². The SMILES string of the molecule is CC(=O)C1=CC[C@@H](c2cccc(Cl)c2)N(S(=O)(=O)c2ccc(C)cc2)C1. The Morgan fingerprint density at radius 1 is 1.15 bits per heavy atom. The molecule has 0 fully saturated rings. The van der Waals surface area contributed by atoms with E-state index in [1.54, 1.807) is 42.5 Å². The number of nitrogens with zero attached hydrogens (tertiary/aromatic N) is 1. The second kappa shape index (κ2) is 7.35. The molecule has 1 heterocycles. The van der Waals surface area contributed by atoms with Crippen LogP contribution in [0.3, 0.4) is 0 Å². The summed E-state index contributed by atoms with van der Waals surface area (Å²) in [5.74, 6) is -0.112. The highest BCUT2D eigenvalue weighted by molar-refractivity contribution is 7.89. The summed E-state index contributed by atoms with van der Waals surface area (Å²) in [4.78, 5) is 12.1. The lowest BCUT2D eigenvalue weighted by Crippen LogP contribution is -2.39. The molecule has 0 aliphatic carbocycles. The molecule has 136 valence electrons. The normalized spacial score (nSPS) is 18.4. The Bertz CT molecular complexity index is 965. The van der Waals surface area contributed by atoms with E-state index in [-0.39, 0.29) is 17.2 Å². The second-order valence-electron chi connectivity index (χ2n) is 6.46. The molecule has 2 aromatic rings. The van der Waals surface area contributed by atoms with Gasteiger partial charge in [0.2, 0.25) is 10.0 Å². The number of Topliss-reactive ketones (excluding diaryl/α,β-unsaturated/α-hetero) is 1. The predicted octanol–water partition coefficient (Wildman–Crippen LogP) is 4.30. The number of hydrogen-bond acceptors (Lipinski definition) is 3. The number of carbonyl (C=O) groups excluding carboxylic acids is 1. The van der Waals surface area contributed by atoms with Gasteiger partial charge in [-0.05, 0) is 50.1 Å². The van der Waals surface area contributed by atoms with Crippen molar-refractivity contribution in [3.8, 4) is 0 Å². The zero-order valence-electron chi connectivity index (χ0n) is 14.6. The zero-order chi connectivity index (χ0) is 18.9. The molecule has 0 aromatic heterocycles. The van der Waals surface area contributed by atoms with Gasteiger partial charge in [0.15, 0.2) is 5.78 Å². The summed E-state index contributed by atoms with van der Waals surface area (Å²) in [5, 5.41) is 0.552. The molecular formula is C20H20ClNO3S. The molecule has 0 saturated carbocycles. The average Bonchev–Trinajstić information content (AvgIpc) is 2.61. The minimum atomic E-state index is -3.76. The Kier molecular flexibility index (Phi) is 5.32. The van der Waals surface area contributed by atoms with E-state index in [4.69, 9.17) is 11.6 Å². The van der Waals surface area contributed by atoms with Crippen molar-refractivity contribution in [2.75, 3.05) is 6.54 Å². The van der Waals surface area contributed by atoms with Crippen LogP contribution in [0.2, 0.25) is 5.02 Å². The standard InChI is InChI=1S/C20H20ClNO3S/c1-14-6-9-19(10-7-14)26(24,25)22-13-17(15(2)23)8-11-20(22)16-4-3-5-18(21)12-16/h3-10,12,20H,11,13H2,1-2H3/t20-/m0/s1. The molecule has 6 heteroatoms. The van der Waals surface area contributed by atoms with Crippen molar-refractivity contribution in [2.45, 2.75) is 31.2 Å². The van der Waals surface area contributed by atoms with Gasteiger partial charge in [-0.25, -0.2) is 8.42 Å². The number of ketones is 1. The quantitative estimate of drug-likeness (QED) is 0.783. The van der Waals surface area contributed by atoms with Crippen molar-refractivity contribution in [1.82, 2.24) is 4.31 Å². The fraction of sp³-hybridized carbons (Fsp3) is 0.250. The maximum atomic E-state index is 13.3. The molecule has 1 aliphatic heterocycles. The maximum absolute atomic E-state index is 13.3. The first kappa shape index (κ1) is 18.8. The van der Waals surface area contributed by atoms with Crippen LogP contribution in [0, 0.1) is 6.92 Å². The monoisotopic (exact) mass is 389 g/mol. The third-order valence-electron chi connectivity index (χ3n) is 4.57. The molecule has 0 spiro atoms. The van der Waals surface area contributed by atoms with Gasteiger partial charge in [-0.3, -0.25) is 4.79 Å². The molecule has 0 unspecified atom stereocenters. The lowest BCUT2D eigenvalue weighted by molar-refractivity contribution is -0.113. The van der Waals surface area contributed by atoms with Crippen molar-refractivity contribution in [3.63, 3.8) is 0 Å². The molecule has 1 atom stereocenters. The van der Waals surface area contributed by atoms with Crippen molar-refractivity contribution >= 4 is 27.4 Å². The molecule has 1 aliphatic rings. The predicted molar refractivity (Wildman–Crippen MR) is 103 cm³/mol. The molecule has 2 aromatic carbocycles. The Morgan fingerprint density at radius 2 is 1.85 bits per heavy atom. The molecular weight excluding hydrogens is 370 g/mol. The summed E-state index contributed by atoms with van der Waals surface area (Å²) in [6.07, 6.45) is 2.26. The largest absolute Gasteiger partial charge is 0.295 e. The molecule has 0 amide bonds. The first-order valence-electron chi connectivity index (χ1n) is 8.33. The number of sulfonamides is 1. The Morgan fingerprint density at radius 3 is 2.46 bits per heavy atom. The minimum absolute atomic E-state index is 0.0583. The average molecular weight is 390 g/mol. The number of aryl methyl sites for hydroxylation is 1. The lowest BCUT2D eigenvalue weighted by Gasteiger charge is -2.34. The van der Waals surface area contributed by atoms with E-state index in [9.17, 15) is 13.2 Å². The van der Waals surface area contributed by atoms with Crippen molar-refractivity contribution in [3.05, 3.63) is 76.3 Å². The van der Waals surface area contributed by atoms with Gasteiger partial charge in [-0.2, -0.15) is 4.31 Å². The Labute approximate surface area is 159 Å². The minimum Gasteiger partial charge on any atom is -0.295 e. The lowest BCUT2D eigenvalue weighted by atomic mass is 9.97. The number of halogens is 1. The van der Waals surface area contributed by atoms with Crippen LogP contribution in [0.4, 0.5) is 0 Å². The second-order valence-corrected chi connectivity index (χ2v) is 8.78. The number of carbonyl (C=O) groups is 1. The summed E-state index contributed by atoms with van der Waals surface area (Å²) in [6, 6.07) is 13.5. The maximum Gasteiger partial charge on any atom is 0.243 e. The summed E-state index contributed by atoms with van der Waals surface area (Å²) in [5.41, 5.74) is 2.31. The number of benzene rings is 2. The molecule has 0 saturated heterocycles. The van der Waals surface area contributed by atoms with Crippen LogP contribution >= 0.6 is 11.6 Å². The van der Waals surface area contributed by atoms with Gasteiger partial charge in [-0.15, -0.1) is 0 Å². The fourth-order valence-electron chi connectivity index (χ4n) is 3.08. The van der Waals surface area contributed by atoms with Crippen molar-refractivity contribution in [1.29, 1.82) is 0 Å².